The van der Waals surface area contributed by atoms with Crippen LogP contribution in [0.15, 0.2) is 65.7 Å². The van der Waals surface area contributed by atoms with Gasteiger partial charge in [0.15, 0.2) is 6.61 Å². The molecule has 0 saturated carbocycles. The zero-order chi connectivity index (χ0) is 18.5. The van der Waals surface area contributed by atoms with E-state index < -0.39 is 12.6 Å². The minimum Gasteiger partial charge on any atom is -0.454 e. The second-order valence-corrected chi connectivity index (χ2v) is 5.64. The van der Waals surface area contributed by atoms with E-state index in [1.807, 2.05) is 18.2 Å². The Hall–Kier alpha value is -3.48. The van der Waals surface area contributed by atoms with Crippen molar-refractivity contribution in [2.75, 3.05) is 18.6 Å². The lowest BCUT2D eigenvalue weighted by atomic mass is 10.2. The highest BCUT2D eigenvalue weighted by molar-refractivity contribution is 5.94. The number of aromatic nitrogens is 2. The van der Waals surface area contributed by atoms with Gasteiger partial charge >= 0.3 is 5.97 Å². The maximum atomic E-state index is 12.3. The summed E-state index contributed by atoms with van der Waals surface area (Å²) in [7, 11) is 1.60. The molecule has 0 aliphatic heterocycles. The molecule has 132 valence electrons. The maximum Gasteiger partial charge on any atom is 0.326 e. The predicted octanol–water partition coefficient (Wildman–Crippen LogP) is 1.60. The molecular weight excluding hydrogens is 334 g/mol. The van der Waals surface area contributed by atoms with Crippen LogP contribution in [0, 0.1) is 0 Å². The molecule has 0 saturated heterocycles. The molecule has 7 heteroatoms. The number of carbonyl (C=O) groups excluding carboxylic acids is 2. The van der Waals surface area contributed by atoms with Crippen LogP contribution in [-0.2, 0) is 20.9 Å². The minimum atomic E-state index is -0.681. The van der Waals surface area contributed by atoms with E-state index in [-0.39, 0.29) is 18.0 Å². The normalized spacial score (nSPS) is 10.5. The minimum absolute atomic E-state index is 0.307. The van der Waals surface area contributed by atoms with E-state index >= 15 is 0 Å². The number of hydrogen-bond donors (Lipinski definition) is 0. The maximum absolute atomic E-state index is 12.3. The van der Waals surface area contributed by atoms with Crippen molar-refractivity contribution in [3.8, 4) is 0 Å². The van der Waals surface area contributed by atoms with Crippen LogP contribution in [0.4, 0.5) is 5.69 Å². The monoisotopic (exact) mass is 351 g/mol. The van der Waals surface area contributed by atoms with Gasteiger partial charge in [0.2, 0.25) is 0 Å². The average Bonchev–Trinajstić information content (AvgIpc) is 2.68. The fraction of sp³-hybridized carbons (Fsp3) is 0.158. The summed E-state index contributed by atoms with van der Waals surface area (Å²) >= 11 is 0. The Morgan fingerprint density at radius 3 is 2.54 bits per heavy atom. The first-order valence-corrected chi connectivity index (χ1v) is 7.97. The van der Waals surface area contributed by atoms with Crippen LogP contribution in [0.1, 0.15) is 0 Å². The third-order valence-corrected chi connectivity index (χ3v) is 3.91. The molecule has 0 spiro atoms. The van der Waals surface area contributed by atoms with E-state index in [9.17, 15) is 14.4 Å². The quantitative estimate of drug-likeness (QED) is 0.652. The fourth-order valence-electron chi connectivity index (χ4n) is 2.44. The SMILES string of the molecule is CN(C(=O)COC(=O)Cn1cnc2ccccc2c1=O)c1ccccc1. The molecule has 3 rings (SSSR count). The summed E-state index contributed by atoms with van der Waals surface area (Å²) in [5, 5.41) is 0.419. The van der Waals surface area contributed by atoms with Crippen molar-refractivity contribution in [2.45, 2.75) is 6.54 Å². The molecule has 0 radical (unpaired) electrons. The number of ether oxygens (including phenoxy) is 1. The molecule has 2 aromatic carbocycles. The summed E-state index contributed by atoms with van der Waals surface area (Å²) in [6.07, 6.45) is 1.30. The lowest BCUT2D eigenvalue weighted by Crippen LogP contribution is -2.32. The Morgan fingerprint density at radius 2 is 1.77 bits per heavy atom. The molecule has 0 fully saturated rings. The Labute approximate surface area is 149 Å². The third-order valence-electron chi connectivity index (χ3n) is 3.91. The molecule has 1 amide bonds. The van der Waals surface area contributed by atoms with Gasteiger partial charge in [-0.3, -0.25) is 19.0 Å². The number of fused-ring (bicyclic) bond motifs is 1. The standard InChI is InChI=1S/C19H17N3O4/c1-21(14-7-3-2-4-8-14)17(23)12-26-18(24)11-22-13-20-16-10-6-5-9-15(16)19(22)25/h2-10,13H,11-12H2,1H3. The van der Waals surface area contributed by atoms with Gasteiger partial charge in [-0.25, -0.2) is 4.98 Å². The largest absolute Gasteiger partial charge is 0.454 e. The zero-order valence-corrected chi connectivity index (χ0v) is 14.2. The van der Waals surface area contributed by atoms with Crippen LogP contribution in [0.25, 0.3) is 10.9 Å². The number of carbonyl (C=O) groups is 2. The van der Waals surface area contributed by atoms with Gasteiger partial charge in [0.25, 0.3) is 11.5 Å². The summed E-state index contributed by atoms with van der Waals surface area (Å²) in [5.41, 5.74) is 0.922. The number of anilines is 1. The molecular formula is C19H17N3O4. The Balaban J connectivity index is 1.62. The number of nitrogens with zero attached hydrogens (tertiary/aromatic N) is 3. The Bertz CT molecular complexity index is 998. The van der Waals surface area contributed by atoms with E-state index in [0.717, 1.165) is 4.57 Å². The van der Waals surface area contributed by atoms with Gasteiger partial charge in [-0.05, 0) is 24.3 Å². The van der Waals surface area contributed by atoms with Crippen molar-refractivity contribution in [1.82, 2.24) is 9.55 Å². The van der Waals surface area contributed by atoms with Crippen LogP contribution in [0.2, 0.25) is 0 Å². The van der Waals surface area contributed by atoms with Crippen LogP contribution >= 0.6 is 0 Å². The number of para-hydroxylation sites is 2. The van der Waals surface area contributed by atoms with Crippen LogP contribution in [-0.4, -0.2) is 35.1 Å². The van der Waals surface area contributed by atoms with Gasteiger partial charge in [0, 0.05) is 12.7 Å². The van der Waals surface area contributed by atoms with Crippen molar-refractivity contribution in [2.24, 2.45) is 0 Å². The first-order valence-electron chi connectivity index (χ1n) is 7.97. The molecule has 0 aliphatic carbocycles. The molecule has 3 aromatic rings. The first kappa shape index (κ1) is 17.3. The summed E-state index contributed by atoms with van der Waals surface area (Å²) in [5.74, 6) is -1.05. The zero-order valence-electron chi connectivity index (χ0n) is 14.2. The van der Waals surface area contributed by atoms with Gasteiger partial charge in [0.05, 0.1) is 17.2 Å². The van der Waals surface area contributed by atoms with Crippen LogP contribution in [0.3, 0.4) is 0 Å². The van der Waals surface area contributed by atoms with E-state index in [1.54, 1.807) is 43.4 Å². The van der Waals surface area contributed by atoms with Crippen LogP contribution in [0.5, 0.6) is 0 Å². The average molecular weight is 351 g/mol. The topological polar surface area (TPSA) is 81.5 Å². The highest BCUT2D eigenvalue weighted by atomic mass is 16.5. The first-order chi connectivity index (χ1) is 12.6. The van der Waals surface area contributed by atoms with Crippen molar-refractivity contribution in [3.63, 3.8) is 0 Å². The highest BCUT2D eigenvalue weighted by Crippen LogP contribution is 2.11. The van der Waals surface area contributed by atoms with Gasteiger partial charge < -0.3 is 9.64 Å². The van der Waals surface area contributed by atoms with Gasteiger partial charge in [-0.2, -0.15) is 0 Å². The highest BCUT2D eigenvalue weighted by Gasteiger charge is 2.14. The van der Waals surface area contributed by atoms with Crippen LogP contribution < -0.4 is 10.5 Å². The van der Waals surface area contributed by atoms with E-state index in [2.05, 4.69) is 4.98 Å². The van der Waals surface area contributed by atoms with Gasteiger partial charge in [-0.15, -0.1) is 0 Å². The summed E-state index contributed by atoms with van der Waals surface area (Å²) in [4.78, 5) is 42.0. The third kappa shape index (κ3) is 3.77. The summed E-state index contributed by atoms with van der Waals surface area (Å²) in [6.45, 7) is -0.709. The lowest BCUT2D eigenvalue weighted by Gasteiger charge is -2.17. The Morgan fingerprint density at radius 1 is 1.08 bits per heavy atom. The molecule has 1 heterocycles. The smallest absolute Gasteiger partial charge is 0.326 e. The van der Waals surface area contributed by atoms with E-state index in [4.69, 9.17) is 4.74 Å². The second-order valence-electron chi connectivity index (χ2n) is 5.64. The summed E-state index contributed by atoms with van der Waals surface area (Å²) in [6, 6.07) is 15.9. The lowest BCUT2D eigenvalue weighted by molar-refractivity contribution is -0.148. The number of amides is 1. The molecule has 0 aliphatic rings. The van der Waals surface area contributed by atoms with Crippen molar-refractivity contribution in [1.29, 1.82) is 0 Å². The molecule has 0 unspecified atom stereocenters. The van der Waals surface area contributed by atoms with Gasteiger partial charge in [-0.1, -0.05) is 30.3 Å². The van der Waals surface area contributed by atoms with Crippen molar-refractivity contribution >= 4 is 28.5 Å². The predicted molar refractivity (Wildman–Crippen MR) is 96.8 cm³/mol. The molecule has 0 bridgehead atoms. The molecule has 7 nitrogen and oxygen atoms in total. The number of benzene rings is 2. The molecule has 0 atom stereocenters. The molecule has 0 N–H and O–H groups in total. The summed E-state index contributed by atoms with van der Waals surface area (Å²) < 4.78 is 6.16. The van der Waals surface area contributed by atoms with Crippen molar-refractivity contribution < 1.29 is 14.3 Å². The molecule has 1 aromatic heterocycles. The van der Waals surface area contributed by atoms with Gasteiger partial charge in [0.1, 0.15) is 6.54 Å². The van der Waals surface area contributed by atoms with E-state index in [0.29, 0.717) is 16.6 Å². The van der Waals surface area contributed by atoms with Crippen molar-refractivity contribution in [3.05, 3.63) is 71.3 Å². The van der Waals surface area contributed by atoms with E-state index in [1.165, 1.54) is 11.2 Å². The number of rotatable bonds is 5. The number of esters is 1. The molecule has 26 heavy (non-hydrogen) atoms. The second kappa shape index (κ2) is 7.60. The number of likely N-dealkylation sites (N-methyl/N-ethyl adjacent to an activating group) is 1. The fourth-order valence-corrected chi connectivity index (χ4v) is 2.44. The number of hydrogen-bond acceptors (Lipinski definition) is 5. The Kier molecular flexibility index (Phi) is 5.07.